The summed E-state index contributed by atoms with van der Waals surface area (Å²) in [6, 6.07) is 25.7. The molecule has 0 spiro atoms. The van der Waals surface area contributed by atoms with Crippen molar-refractivity contribution in [3.63, 3.8) is 0 Å². The van der Waals surface area contributed by atoms with Crippen molar-refractivity contribution in [2.75, 3.05) is 29.7 Å². The van der Waals surface area contributed by atoms with Crippen molar-refractivity contribution < 1.29 is 14.3 Å². The van der Waals surface area contributed by atoms with Gasteiger partial charge in [0.1, 0.15) is 17.2 Å². The van der Waals surface area contributed by atoms with Crippen LogP contribution in [0.5, 0.6) is 5.75 Å². The van der Waals surface area contributed by atoms with Crippen LogP contribution in [0.15, 0.2) is 89.1 Å². The Labute approximate surface area is 307 Å². The lowest BCUT2D eigenvalue weighted by Gasteiger charge is -2.21. The van der Waals surface area contributed by atoms with Crippen LogP contribution in [0.1, 0.15) is 121 Å². The fourth-order valence-electron chi connectivity index (χ4n) is 6.54. The predicted octanol–water partition coefficient (Wildman–Crippen LogP) is 10.9. The van der Waals surface area contributed by atoms with E-state index in [1.165, 1.54) is 63.4 Å². The van der Waals surface area contributed by atoms with Crippen molar-refractivity contribution in [1.29, 1.82) is 0 Å². The van der Waals surface area contributed by atoms with Gasteiger partial charge in [0, 0.05) is 29.9 Å². The highest BCUT2D eigenvalue weighted by molar-refractivity contribution is 6.48. The summed E-state index contributed by atoms with van der Waals surface area (Å²) in [5.74, 6) is 1.28. The summed E-state index contributed by atoms with van der Waals surface area (Å²) in [6.45, 7) is 14.7. The van der Waals surface area contributed by atoms with Crippen molar-refractivity contribution in [2.45, 2.75) is 112 Å². The van der Waals surface area contributed by atoms with Gasteiger partial charge >= 0.3 is 0 Å². The zero-order valence-corrected chi connectivity index (χ0v) is 32.0. The molecule has 3 aromatic rings. The molecule has 0 amide bonds. The summed E-state index contributed by atoms with van der Waals surface area (Å²) >= 11 is 0. The van der Waals surface area contributed by atoms with E-state index >= 15 is 0 Å². The number of hydrogen-bond acceptors (Lipinski definition) is 7. The van der Waals surface area contributed by atoms with E-state index in [1.807, 2.05) is 83.7 Å². The molecule has 1 unspecified atom stereocenters. The first kappa shape index (κ1) is 39.5. The van der Waals surface area contributed by atoms with Gasteiger partial charge in [0.05, 0.1) is 24.5 Å². The Kier molecular flexibility index (Phi) is 15.5. The smallest absolute Gasteiger partial charge is 0.209 e. The summed E-state index contributed by atoms with van der Waals surface area (Å²) in [5.41, 5.74) is 4.96. The van der Waals surface area contributed by atoms with Crippen molar-refractivity contribution in [2.24, 2.45) is 21.5 Å². The molecule has 51 heavy (non-hydrogen) atoms. The Morgan fingerprint density at radius 2 is 1.41 bits per heavy atom. The number of rotatable bonds is 18. The van der Waals surface area contributed by atoms with Gasteiger partial charge < -0.3 is 4.74 Å². The van der Waals surface area contributed by atoms with E-state index in [0.717, 1.165) is 36.7 Å². The van der Waals surface area contributed by atoms with Crippen LogP contribution in [0, 0.1) is 18.3 Å². The van der Waals surface area contributed by atoms with Gasteiger partial charge in [-0.2, -0.15) is 10.2 Å². The van der Waals surface area contributed by atoms with Crippen molar-refractivity contribution >= 4 is 34.4 Å². The first-order valence-corrected chi connectivity index (χ1v) is 19.3. The molecule has 0 saturated carbocycles. The van der Waals surface area contributed by atoms with Gasteiger partial charge in [0.25, 0.3) is 0 Å². The molecule has 0 radical (unpaired) electrons. The predicted molar refractivity (Wildman–Crippen MR) is 214 cm³/mol. The van der Waals surface area contributed by atoms with Crippen LogP contribution in [0.3, 0.4) is 0 Å². The normalized spacial score (nSPS) is 16.3. The molecule has 2 heterocycles. The maximum atomic E-state index is 13.0. The first-order valence-electron chi connectivity index (χ1n) is 19.3. The third-order valence-corrected chi connectivity index (χ3v) is 9.61. The second kappa shape index (κ2) is 20.0. The molecule has 0 bridgehead atoms. The van der Waals surface area contributed by atoms with Gasteiger partial charge in [-0.1, -0.05) is 135 Å². The molecule has 0 aliphatic carbocycles. The number of hydrogen-bond donors (Lipinski definition) is 0. The molecule has 1 atom stereocenters. The second-order valence-corrected chi connectivity index (χ2v) is 14.7. The molecular weight excluding hydrogens is 633 g/mol. The monoisotopic (exact) mass is 692 g/mol. The fraction of sp³-hybridized carbons (Fsp3) is 0.500. The Morgan fingerprint density at radius 1 is 0.765 bits per heavy atom. The van der Waals surface area contributed by atoms with E-state index in [2.05, 4.69) is 51.9 Å². The summed E-state index contributed by atoms with van der Waals surface area (Å²) in [6.07, 6.45) is 13.8. The molecule has 0 saturated heterocycles. The minimum Gasteiger partial charge on any atom is -0.494 e. The van der Waals surface area contributed by atoms with Crippen LogP contribution in [0.25, 0.3) is 0 Å². The van der Waals surface area contributed by atoms with Crippen LogP contribution in [-0.4, -0.2) is 42.7 Å². The molecule has 7 nitrogen and oxygen atoms in total. The maximum Gasteiger partial charge on any atom is 0.209 e. The number of Topliss-reactive ketones (excluding diaryl/α,β-unsaturated/α-hetero) is 2. The standard InChI is InChI=1S/C30H42N2O2.C14H18N2O/c1-4-5-6-7-8-9-10-11-12-16-23-34-27-21-19-26(20-22-27)32-24-30(2,3)29(31-32)28(33)25-17-14-13-15-18-25;1-4-13(17)14-11(3)9-16(15-14)12-7-5-6-10(2)8-12/h13-15,17-22H,4-12,16,23-24H2,1-3H3;5-8,11H,4,9H2,1-3H3. The van der Waals surface area contributed by atoms with Gasteiger partial charge in [-0.3, -0.25) is 19.6 Å². The number of ketones is 2. The van der Waals surface area contributed by atoms with Gasteiger partial charge in [0.2, 0.25) is 5.78 Å². The summed E-state index contributed by atoms with van der Waals surface area (Å²) in [5, 5.41) is 13.0. The lowest BCUT2D eigenvalue weighted by molar-refractivity contribution is -0.112. The van der Waals surface area contributed by atoms with Crippen LogP contribution in [-0.2, 0) is 4.79 Å². The lowest BCUT2D eigenvalue weighted by Crippen LogP contribution is -2.32. The average molecular weight is 693 g/mol. The second-order valence-electron chi connectivity index (χ2n) is 14.7. The number of carbonyl (C=O) groups excluding carboxylic acids is 2. The molecule has 0 aromatic heterocycles. The van der Waals surface area contributed by atoms with E-state index < -0.39 is 0 Å². The number of benzene rings is 3. The van der Waals surface area contributed by atoms with E-state index in [1.54, 1.807) is 0 Å². The third-order valence-electron chi connectivity index (χ3n) is 9.61. The number of aryl methyl sites for hydroxylation is 1. The topological polar surface area (TPSA) is 74.6 Å². The minimum atomic E-state index is -0.308. The Balaban J connectivity index is 0.000000286. The summed E-state index contributed by atoms with van der Waals surface area (Å²) in [7, 11) is 0. The van der Waals surface area contributed by atoms with E-state index in [0.29, 0.717) is 30.0 Å². The van der Waals surface area contributed by atoms with Crippen molar-refractivity contribution in [3.8, 4) is 5.75 Å². The zero-order chi connectivity index (χ0) is 36.6. The molecule has 274 valence electrons. The highest BCUT2D eigenvalue weighted by atomic mass is 16.5. The Bertz CT molecular complexity index is 1600. The molecule has 0 fully saturated rings. The highest BCUT2D eigenvalue weighted by Gasteiger charge is 2.39. The van der Waals surface area contributed by atoms with Crippen molar-refractivity contribution in [1.82, 2.24) is 0 Å². The van der Waals surface area contributed by atoms with Crippen LogP contribution >= 0.6 is 0 Å². The highest BCUT2D eigenvalue weighted by Crippen LogP contribution is 2.33. The van der Waals surface area contributed by atoms with Crippen LogP contribution in [0.2, 0.25) is 0 Å². The number of nitrogens with zero attached hydrogens (tertiary/aromatic N) is 4. The minimum absolute atomic E-state index is 0.00421. The number of carbonyl (C=O) groups is 2. The molecule has 2 aliphatic rings. The number of ether oxygens (including phenoxy) is 1. The van der Waals surface area contributed by atoms with Gasteiger partial charge in [-0.25, -0.2) is 0 Å². The number of anilines is 2. The summed E-state index contributed by atoms with van der Waals surface area (Å²) in [4.78, 5) is 24.7. The average Bonchev–Trinajstić information content (AvgIpc) is 3.69. The van der Waals surface area contributed by atoms with Gasteiger partial charge in [-0.15, -0.1) is 0 Å². The first-order chi connectivity index (χ1) is 24.6. The molecular formula is C44H60N4O3. The molecule has 5 rings (SSSR count). The molecule has 3 aromatic carbocycles. The molecule has 7 heteroatoms. The lowest BCUT2D eigenvalue weighted by atomic mass is 9.84. The largest absolute Gasteiger partial charge is 0.494 e. The van der Waals surface area contributed by atoms with Crippen LogP contribution in [0.4, 0.5) is 11.4 Å². The van der Waals surface area contributed by atoms with E-state index in [4.69, 9.17) is 9.84 Å². The number of hydrazone groups is 2. The summed E-state index contributed by atoms with van der Waals surface area (Å²) < 4.78 is 5.95. The zero-order valence-electron chi connectivity index (χ0n) is 32.0. The van der Waals surface area contributed by atoms with Crippen LogP contribution < -0.4 is 14.8 Å². The fourth-order valence-corrected chi connectivity index (χ4v) is 6.54. The quantitative estimate of drug-likeness (QED) is 0.0980. The van der Waals surface area contributed by atoms with Gasteiger partial charge in [-0.05, 0) is 55.3 Å². The van der Waals surface area contributed by atoms with E-state index in [9.17, 15) is 9.59 Å². The van der Waals surface area contributed by atoms with E-state index in [-0.39, 0.29) is 22.9 Å². The SMILES string of the molecule is CCC(=O)C1=NN(c2cccc(C)c2)CC1C.CCCCCCCCCCCCOc1ccc(N2CC(C)(C)C(C(=O)c3ccccc3)=N2)cc1. The maximum absolute atomic E-state index is 13.0. The Morgan fingerprint density at radius 3 is 2.04 bits per heavy atom. The number of unbranched alkanes of at least 4 members (excludes halogenated alkanes) is 9. The molecule has 2 aliphatic heterocycles. The van der Waals surface area contributed by atoms with Crippen molar-refractivity contribution in [3.05, 3.63) is 90.0 Å². The Hall–Kier alpha value is -4.26. The van der Waals surface area contributed by atoms with Gasteiger partial charge in [0.15, 0.2) is 5.78 Å². The third kappa shape index (κ3) is 11.9. The molecule has 0 N–H and O–H groups in total.